The first-order valence-corrected chi connectivity index (χ1v) is 28.8. The van der Waals surface area contributed by atoms with Gasteiger partial charge in [-0.15, -0.1) is 0 Å². The Kier molecular flexibility index (Phi) is 33.1. The fourth-order valence-electron chi connectivity index (χ4n) is 9.13. The molecule has 3 rings (SSSR count). The van der Waals surface area contributed by atoms with Crippen molar-refractivity contribution in [3.63, 3.8) is 0 Å². The van der Waals surface area contributed by atoms with Crippen LogP contribution in [0.2, 0.25) is 9.79 Å². The zero-order valence-corrected chi connectivity index (χ0v) is 43.3. The topological polar surface area (TPSA) is 25.3 Å². The first kappa shape index (κ1) is 55.3. The van der Waals surface area contributed by atoms with Crippen LogP contribution in [0.3, 0.4) is 0 Å². The summed E-state index contributed by atoms with van der Waals surface area (Å²) in [4.78, 5) is 2.79. The zero-order valence-electron chi connectivity index (χ0n) is 41.7. The van der Waals surface area contributed by atoms with Gasteiger partial charge >= 0.3 is 41.6 Å². The van der Waals surface area contributed by atoms with E-state index in [1.807, 2.05) is 0 Å². The number of allylic oxidation sites excluding steroid dienone is 2. The number of rotatable bonds is 36. The molecule has 0 aliphatic carbocycles. The molecule has 0 unspecified atom stereocenters. The van der Waals surface area contributed by atoms with Crippen molar-refractivity contribution in [2.45, 2.75) is 271 Å². The standard InChI is InChI=1S/C54H88N2.2C2H5.Pd/c1-7-13-19-22-25-30-35-47-39-45(33-28-16-10-4)41-49(43-47)53-51(37-18-12-6)52(38-32-27-24-21-15-9-3)54(56(53)55)50-42-46(34-29-17-11-5)40-48(44-50)36-31-26-23-20-14-8-2;2*1-2;/h39-44H,7-38H2,1-6H3;2*1H2,2H3;. The number of aryl methyl sites for hydroxylation is 4. The number of nitrogens with zero attached hydrogens (tertiary/aromatic N) is 2. The zero-order chi connectivity index (χ0) is 44.3. The molecule has 0 atom stereocenters. The van der Waals surface area contributed by atoms with Gasteiger partial charge < -0.3 is 5.53 Å². The predicted octanol–water partition coefficient (Wildman–Crippen LogP) is 20.0. The second kappa shape index (κ2) is 36.5. The average molecular weight is 930 g/mol. The van der Waals surface area contributed by atoms with E-state index < -0.39 is 0 Å². The molecule has 1 aliphatic rings. The first-order valence-electron chi connectivity index (χ1n) is 26.6. The molecule has 0 saturated carbocycles. The maximum atomic E-state index is 12.8. The molecule has 1 heterocycles. The van der Waals surface area contributed by atoms with Crippen molar-refractivity contribution in [2.75, 3.05) is 0 Å². The molecule has 0 fully saturated rings. The fourth-order valence-corrected chi connectivity index (χ4v) is 9.91. The number of unbranched alkanes of at least 4 members (excludes halogenated alkanes) is 20. The van der Waals surface area contributed by atoms with Gasteiger partial charge in [0.05, 0.1) is 0 Å². The van der Waals surface area contributed by atoms with Gasteiger partial charge in [0.2, 0.25) is 11.4 Å². The van der Waals surface area contributed by atoms with E-state index in [1.165, 1.54) is 208 Å². The molecule has 61 heavy (non-hydrogen) atoms. The Morgan fingerprint density at radius 1 is 0.328 bits per heavy atom. The van der Waals surface area contributed by atoms with Crippen molar-refractivity contribution in [3.05, 3.63) is 86.5 Å². The molecule has 0 aromatic heterocycles. The van der Waals surface area contributed by atoms with Gasteiger partial charge in [-0.25, -0.2) is 4.70 Å². The number of hydrogen-bond donors (Lipinski definition) is 0. The Bertz CT molecular complexity index is 1500. The molecule has 1 aliphatic heterocycles. The first-order chi connectivity index (χ1) is 29.9. The molecular weight excluding hydrogens is 831 g/mol. The van der Waals surface area contributed by atoms with Crippen molar-refractivity contribution >= 4 is 11.4 Å². The van der Waals surface area contributed by atoms with Crippen LogP contribution in [0.25, 0.3) is 16.9 Å². The van der Waals surface area contributed by atoms with Crippen LogP contribution in [0.4, 0.5) is 0 Å². The molecule has 3 heteroatoms. The van der Waals surface area contributed by atoms with E-state index in [4.69, 9.17) is 0 Å². The van der Waals surface area contributed by atoms with Gasteiger partial charge in [0.1, 0.15) is 0 Å². The van der Waals surface area contributed by atoms with Gasteiger partial charge in [-0.05, 0) is 124 Å². The van der Waals surface area contributed by atoms with E-state index in [2.05, 4.69) is 91.8 Å². The van der Waals surface area contributed by atoms with Crippen LogP contribution in [-0.2, 0) is 43.7 Å². The summed E-state index contributed by atoms with van der Waals surface area (Å²) in [6, 6.07) is 14.9. The molecule has 0 N–H and O–H groups in total. The summed E-state index contributed by atoms with van der Waals surface area (Å²) in [6.07, 6.45) is 40.1. The Balaban J connectivity index is 0.00000241. The normalized spacial score (nSPS) is 12.9. The molecule has 2 aromatic carbocycles. The van der Waals surface area contributed by atoms with Gasteiger partial charge in [-0.2, -0.15) is 0 Å². The molecule has 0 bridgehead atoms. The van der Waals surface area contributed by atoms with Crippen LogP contribution in [0.1, 0.15) is 269 Å². The van der Waals surface area contributed by atoms with E-state index in [-0.39, 0.29) is 0 Å². The van der Waals surface area contributed by atoms with Crippen molar-refractivity contribution in [1.29, 1.82) is 0 Å². The summed E-state index contributed by atoms with van der Waals surface area (Å²) >= 11 is 1.04. The van der Waals surface area contributed by atoms with Crippen molar-refractivity contribution in [1.82, 2.24) is 0 Å². The predicted molar refractivity (Wildman–Crippen MR) is 269 cm³/mol. The quantitative estimate of drug-likeness (QED) is 0.0370. The molecule has 2 nitrogen and oxygen atoms in total. The van der Waals surface area contributed by atoms with E-state index in [1.54, 1.807) is 4.70 Å². The molecule has 0 amide bonds. The van der Waals surface area contributed by atoms with Gasteiger partial charge in [-0.3, -0.25) is 0 Å². The van der Waals surface area contributed by atoms with Gasteiger partial charge in [0.25, 0.3) is 0 Å². The monoisotopic (exact) mass is 929 g/mol. The molecule has 0 radical (unpaired) electrons. The Morgan fingerprint density at radius 3 is 0.902 bits per heavy atom. The van der Waals surface area contributed by atoms with Gasteiger partial charge in [0.15, 0.2) is 0 Å². The third-order valence-corrected chi connectivity index (χ3v) is 14.2. The van der Waals surface area contributed by atoms with E-state index in [9.17, 15) is 5.53 Å². The van der Waals surface area contributed by atoms with Gasteiger partial charge in [-0.1, -0.05) is 182 Å². The SMILES string of the molecule is CCCCCCCCC1=C(c2cc(CCCCC)cc(CCCCCCCC)c2)[N+](=[N-])C(c2cc(CCCCC)cc(CCCCCCCC)c2)=C1CCCC.C[CH2][Pd][CH2]C. The van der Waals surface area contributed by atoms with Crippen LogP contribution >= 0.6 is 0 Å². The summed E-state index contributed by atoms with van der Waals surface area (Å²) < 4.78 is 1.71. The Hall–Kier alpha value is -1.82. The Labute approximate surface area is 389 Å². The van der Waals surface area contributed by atoms with Crippen molar-refractivity contribution in [3.8, 4) is 0 Å². The summed E-state index contributed by atoms with van der Waals surface area (Å²) in [6.45, 7) is 18.3. The molecule has 350 valence electrons. The minimum absolute atomic E-state index is 1.03. The molecular formula is C58H98N2Pd. The number of hydrogen-bond acceptors (Lipinski definition) is 0. The molecule has 0 spiro atoms. The third kappa shape index (κ3) is 22.6. The van der Waals surface area contributed by atoms with Gasteiger partial charge in [0, 0.05) is 22.3 Å². The summed E-state index contributed by atoms with van der Waals surface area (Å²) in [5.41, 5.74) is 26.1. The summed E-state index contributed by atoms with van der Waals surface area (Å²) in [7, 11) is 0. The third-order valence-electron chi connectivity index (χ3n) is 12.7. The van der Waals surface area contributed by atoms with Crippen LogP contribution in [0, 0.1) is 0 Å². The van der Waals surface area contributed by atoms with E-state index in [0.29, 0.717) is 0 Å². The van der Waals surface area contributed by atoms with Crippen molar-refractivity contribution in [2.24, 2.45) is 0 Å². The number of benzene rings is 2. The van der Waals surface area contributed by atoms with Crippen LogP contribution < -0.4 is 0 Å². The van der Waals surface area contributed by atoms with E-state index in [0.717, 1.165) is 80.7 Å². The fraction of sp³-hybridized carbons (Fsp3) is 0.724. The Morgan fingerprint density at radius 2 is 0.590 bits per heavy atom. The van der Waals surface area contributed by atoms with Crippen LogP contribution in [0.15, 0.2) is 47.5 Å². The second-order valence-electron chi connectivity index (χ2n) is 18.2. The molecule has 2 aromatic rings. The summed E-state index contributed by atoms with van der Waals surface area (Å²) in [5.74, 6) is 0. The minimum atomic E-state index is 1.03. The summed E-state index contributed by atoms with van der Waals surface area (Å²) in [5, 5.41) is 0. The average Bonchev–Trinajstić information content (AvgIpc) is 3.54. The molecule has 0 saturated heterocycles. The maximum absolute atomic E-state index is 12.8. The second-order valence-corrected chi connectivity index (χ2v) is 21.2. The van der Waals surface area contributed by atoms with Crippen LogP contribution in [0.5, 0.6) is 0 Å². The van der Waals surface area contributed by atoms with Crippen LogP contribution in [-0.4, -0.2) is 4.70 Å². The van der Waals surface area contributed by atoms with E-state index >= 15 is 0 Å². The van der Waals surface area contributed by atoms with Crippen molar-refractivity contribution < 1.29 is 22.7 Å².